The van der Waals surface area contributed by atoms with Crippen LogP contribution in [0.5, 0.6) is 5.88 Å². The summed E-state index contributed by atoms with van der Waals surface area (Å²) in [4.78, 5) is 29.6. The Morgan fingerprint density at radius 1 is 1.16 bits per heavy atom. The van der Waals surface area contributed by atoms with E-state index in [4.69, 9.17) is 4.74 Å². The minimum atomic E-state index is -3.60. The Hall–Kier alpha value is -3.67. The third kappa shape index (κ3) is 6.37. The fourth-order valence-electron chi connectivity index (χ4n) is 4.21. The van der Waals surface area contributed by atoms with E-state index in [1.165, 1.54) is 30.7 Å². The topological polar surface area (TPSA) is 136 Å². The molecule has 3 aromatic rings. The monoisotopic (exact) mass is 528 g/mol. The number of benzene rings is 1. The molecule has 12 heteroatoms. The van der Waals surface area contributed by atoms with Crippen LogP contribution in [-0.2, 0) is 10.0 Å². The number of nitrogens with zero attached hydrogens (tertiary/aromatic N) is 4. The highest BCUT2D eigenvalue weighted by molar-refractivity contribution is 7.93. The van der Waals surface area contributed by atoms with Gasteiger partial charge in [-0.1, -0.05) is 25.8 Å². The Morgan fingerprint density at radius 3 is 2.65 bits per heavy atom. The van der Waals surface area contributed by atoms with Crippen molar-refractivity contribution in [2.75, 3.05) is 11.3 Å². The molecule has 1 aliphatic rings. The summed E-state index contributed by atoms with van der Waals surface area (Å²) < 4.78 is 48.0. The predicted octanol–water partition coefficient (Wildman–Crippen LogP) is 4.04. The molecule has 1 atom stereocenters. The first-order valence-electron chi connectivity index (χ1n) is 12.2. The van der Waals surface area contributed by atoms with Crippen molar-refractivity contribution in [3.8, 4) is 17.1 Å². The van der Waals surface area contributed by atoms with Gasteiger partial charge in [0.15, 0.2) is 0 Å². The first-order chi connectivity index (χ1) is 17.8. The summed E-state index contributed by atoms with van der Waals surface area (Å²) in [6, 6.07) is 5.18. The molecule has 1 aliphatic carbocycles. The smallest absolute Gasteiger partial charge is 0.254 e. The van der Waals surface area contributed by atoms with Gasteiger partial charge in [0, 0.05) is 11.8 Å². The van der Waals surface area contributed by atoms with Crippen molar-refractivity contribution in [1.29, 1.82) is 0 Å². The number of halogens is 1. The Labute approximate surface area is 215 Å². The molecule has 1 saturated carbocycles. The molecule has 2 N–H and O–H groups in total. The number of ether oxygens (including phenoxy) is 1. The number of amides is 1. The van der Waals surface area contributed by atoms with E-state index in [2.05, 4.69) is 30.0 Å². The molecule has 196 valence electrons. The lowest BCUT2D eigenvalue weighted by Crippen LogP contribution is -2.30. The zero-order valence-electron chi connectivity index (χ0n) is 20.6. The second-order valence-electron chi connectivity index (χ2n) is 8.66. The van der Waals surface area contributed by atoms with Gasteiger partial charge in [-0.3, -0.25) is 14.5 Å². The average Bonchev–Trinajstić information content (AvgIpc) is 3.44. The lowest BCUT2D eigenvalue weighted by atomic mass is 10.1. The lowest BCUT2D eigenvalue weighted by Gasteiger charge is -2.18. The number of aromatic nitrogens is 4. The molecule has 0 saturated heterocycles. The summed E-state index contributed by atoms with van der Waals surface area (Å²) in [7, 11) is -3.60. The first-order valence-corrected chi connectivity index (χ1v) is 13.8. The number of nitrogens with one attached hydrogen (secondary N) is 2. The number of sulfonamides is 1. The Balaban J connectivity index is 1.48. The molecule has 0 bridgehead atoms. The van der Waals surface area contributed by atoms with Gasteiger partial charge in [0.25, 0.3) is 5.91 Å². The third-order valence-corrected chi connectivity index (χ3v) is 7.95. The van der Waals surface area contributed by atoms with Crippen molar-refractivity contribution >= 4 is 21.9 Å². The summed E-state index contributed by atoms with van der Waals surface area (Å²) >= 11 is 0. The number of carbonyl (C=O) groups is 1. The molecule has 2 aromatic heterocycles. The van der Waals surface area contributed by atoms with Gasteiger partial charge in [-0.05, 0) is 44.4 Å². The van der Waals surface area contributed by atoms with E-state index in [-0.39, 0.29) is 11.5 Å². The second-order valence-corrected chi connectivity index (χ2v) is 10.6. The standard InChI is InChI=1S/C25H29FN6O4S/c1-3-20(21-11-12-28-25(31-21)32-37(34,35)17-7-5-6-8-17)30-24(33)18-10-9-16(13-19(18)26)22-14-27-15-23(29-22)36-4-2/h9-15,17,20H,3-8H2,1-2H3,(H,30,33)(H,28,31,32). The van der Waals surface area contributed by atoms with E-state index in [9.17, 15) is 17.6 Å². The van der Waals surface area contributed by atoms with Gasteiger partial charge in [-0.2, -0.15) is 0 Å². The van der Waals surface area contributed by atoms with Crippen LogP contribution in [0, 0.1) is 5.82 Å². The number of hydrogen-bond donors (Lipinski definition) is 2. The molecule has 10 nitrogen and oxygen atoms in total. The zero-order valence-corrected chi connectivity index (χ0v) is 21.5. The van der Waals surface area contributed by atoms with Gasteiger partial charge in [-0.25, -0.2) is 27.8 Å². The van der Waals surface area contributed by atoms with Crippen molar-refractivity contribution in [3.05, 3.63) is 59.9 Å². The normalized spacial score (nSPS) is 14.8. The van der Waals surface area contributed by atoms with Crippen LogP contribution in [0.4, 0.5) is 10.3 Å². The fraction of sp³-hybridized carbons (Fsp3) is 0.400. The van der Waals surface area contributed by atoms with Gasteiger partial charge >= 0.3 is 0 Å². The molecule has 1 aromatic carbocycles. The molecule has 1 amide bonds. The molecular formula is C25H29FN6O4S. The van der Waals surface area contributed by atoms with Gasteiger partial charge in [-0.15, -0.1) is 0 Å². The number of hydrogen-bond acceptors (Lipinski definition) is 8. The highest BCUT2D eigenvalue weighted by Gasteiger charge is 2.29. The number of rotatable bonds is 10. The van der Waals surface area contributed by atoms with Gasteiger partial charge in [0.1, 0.15) is 5.82 Å². The fourth-order valence-corrected chi connectivity index (χ4v) is 5.68. The molecule has 37 heavy (non-hydrogen) atoms. The average molecular weight is 529 g/mol. The van der Waals surface area contributed by atoms with E-state index >= 15 is 0 Å². The van der Waals surface area contributed by atoms with E-state index in [1.807, 2.05) is 13.8 Å². The lowest BCUT2D eigenvalue weighted by molar-refractivity contribution is 0.0930. The maximum Gasteiger partial charge on any atom is 0.254 e. The van der Waals surface area contributed by atoms with Crippen LogP contribution in [0.2, 0.25) is 0 Å². The predicted molar refractivity (Wildman–Crippen MR) is 136 cm³/mol. The Kier molecular flexibility index (Phi) is 8.27. The van der Waals surface area contributed by atoms with E-state index in [1.54, 1.807) is 12.1 Å². The molecule has 0 radical (unpaired) electrons. The minimum absolute atomic E-state index is 0.0528. The quantitative estimate of drug-likeness (QED) is 0.402. The first kappa shape index (κ1) is 26.4. The summed E-state index contributed by atoms with van der Waals surface area (Å²) in [5, 5.41) is 2.32. The highest BCUT2D eigenvalue weighted by atomic mass is 32.2. The van der Waals surface area contributed by atoms with Crippen molar-refractivity contribution in [2.24, 2.45) is 0 Å². The van der Waals surface area contributed by atoms with Crippen LogP contribution in [-0.4, -0.2) is 46.1 Å². The van der Waals surface area contributed by atoms with Crippen LogP contribution in [0.25, 0.3) is 11.3 Å². The zero-order chi connectivity index (χ0) is 26.4. The molecule has 0 spiro atoms. The largest absolute Gasteiger partial charge is 0.477 e. The summed E-state index contributed by atoms with van der Waals surface area (Å²) in [6.07, 6.45) is 7.79. The maximum atomic E-state index is 14.9. The maximum absolute atomic E-state index is 14.9. The molecule has 1 unspecified atom stereocenters. The number of anilines is 1. The molecule has 2 heterocycles. The Bertz CT molecular complexity index is 1360. The highest BCUT2D eigenvalue weighted by Crippen LogP contribution is 2.26. The van der Waals surface area contributed by atoms with Crippen molar-refractivity contribution in [2.45, 2.75) is 57.2 Å². The molecule has 1 fully saturated rings. The Morgan fingerprint density at radius 2 is 1.95 bits per heavy atom. The summed E-state index contributed by atoms with van der Waals surface area (Å²) in [6.45, 7) is 4.07. The van der Waals surface area contributed by atoms with Crippen molar-refractivity contribution in [1.82, 2.24) is 25.3 Å². The van der Waals surface area contributed by atoms with Crippen LogP contribution in [0.3, 0.4) is 0 Å². The van der Waals surface area contributed by atoms with E-state index < -0.39 is 33.0 Å². The van der Waals surface area contributed by atoms with E-state index in [0.29, 0.717) is 48.7 Å². The van der Waals surface area contributed by atoms with Crippen LogP contribution >= 0.6 is 0 Å². The molecule has 4 rings (SSSR count). The van der Waals surface area contributed by atoms with Crippen LogP contribution in [0.1, 0.15) is 68.0 Å². The van der Waals surface area contributed by atoms with Crippen LogP contribution < -0.4 is 14.8 Å². The van der Waals surface area contributed by atoms with Gasteiger partial charge in [0.05, 0.1) is 47.2 Å². The van der Waals surface area contributed by atoms with Gasteiger partial charge in [0.2, 0.25) is 21.9 Å². The van der Waals surface area contributed by atoms with Crippen molar-refractivity contribution < 1.29 is 22.3 Å². The van der Waals surface area contributed by atoms with Gasteiger partial charge < -0.3 is 10.1 Å². The minimum Gasteiger partial charge on any atom is -0.477 e. The molecule has 0 aliphatic heterocycles. The molecular weight excluding hydrogens is 499 g/mol. The summed E-state index contributed by atoms with van der Waals surface area (Å²) in [5.74, 6) is -1.08. The third-order valence-electron chi connectivity index (χ3n) is 6.14. The van der Waals surface area contributed by atoms with E-state index in [0.717, 1.165) is 12.8 Å². The second kappa shape index (κ2) is 11.6. The summed E-state index contributed by atoms with van der Waals surface area (Å²) in [5.41, 5.74) is 1.13. The number of carbonyl (C=O) groups excluding carboxylic acids is 1. The van der Waals surface area contributed by atoms with Crippen molar-refractivity contribution in [3.63, 3.8) is 0 Å². The SMILES string of the molecule is CCOc1cncc(-c2ccc(C(=O)NC(CC)c3ccnc(NS(=O)(=O)C4CCCC4)n3)c(F)c2)n1. The van der Waals surface area contributed by atoms with Crippen LogP contribution in [0.15, 0.2) is 42.9 Å².